The lowest BCUT2D eigenvalue weighted by atomic mass is 10.1. The Kier molecular flexibility index (Phi) is 1.97. The van der Waals surface area contributed by atoms with Gasteiger partial charge in [0.2, 0.25) is 0 Å². The number of nitrogens with two attached hydrogens (primary N) is 2. The number of hydrogen-bond acceptors (Lipinski definition) is 4. The maximum Gasteiger partial charge on any atom is 0.0746 e. The zero-order chi connectivity index (χ0) is 11.1. The van der Waals surface area contributed by atoms with Crippen LogP contribution in [-0.2, 0) is 6.54 Å². The zero-order valence-electron chi connectivity index (χ0n) is 8.60. The summed E-state index contributed by atoms with van der Waals surface area (Å²) >= 11 is 1.69. The number of thiophene rings is 1. The van der Waals surface area contributed by atoms with Gasteiger partial charge in [-0.25, -0.2) is 0 Å². The molecule has 2 heterocycles. The van der Waals surface area contributed by atoms with Gasteiger partial charge in [0.15, 0.2) is 0 Å². The number of nitrogen functional groups attached to an aromatic ring is 1. The van der Waals surface area contributed by atoms with Gasteiger partial charge in [0.25, 0.3) is 0 Å². The fourth-order valence-corrected chi connectivity index (χ4v) is 2.72. The normalized spacial score (nSPS) is 13.6. The molecule has 0 spiro atoms. The molecule has 1 aliphatic rings. The van der Waals surface area contributed by atoms with Crippen LogP contribution in [0.25, 0.3) is 5.70 Å². The Labute approximate surface area is 96.7 Å². The van der Waals surface area contributed by atoms with E-state index in [0.29, 0.717) is 6.54 Å². The van der Waals surface area contributed by atoms with Gasteiger partial charge in [-0.3, -0.25) is 4.99 Å². The van der Waals surface area contributed by atoms with Crippen LogP contribution < -0.4 is 22.0 Å². The molecule has 16 heavy (non-hydrogen) atoms. The SMILES string of the molecule is NC1=c2ccc(N)cc2=NCc2sccc21. The first-order valence-electron chi connectivity index (χ1n) is 5.02. The minimum Gasteiger partial charge on any atom is -0.399 e. The van der Waals surface area contributed by atoms with Gasteiger partial charge in [-0.2, -0.15) is 0 Å². The summed E-state index contributed by atoms with van der Waals surface area (Å²) in [6, 6.07) is 7.73. The summed E-state index contributed by atoms with van der Waals surface area (Å²) in [5.41, 5.74) is 14.6. The summed E-state index contributed by atoms with van der Waals surface area (Å²) in [5, 5.41) is 3.92. The van der Waals surface area contributed by atoms with Gasteiger partial charge in [0, 0.05) is 27.0 Å². The molecule has 0 saturated heterocycles. The van der Waals surface area contributed by atoms with Crippen molar-refractivity contribution in [2.24, 2.45) is 10.7 Å². The average Bonchev–Trinajstić information content (AvgIpc) is 2.69. The van der Waals surface area contributed by atoms with Crippen molar-refractivity contribution in [3.05, 3.63) is 50.7 Å². The van der Waals surface area contributed by atoms with E-state index in [4.69, 9.17) is 11.5 Å². The fourth-order valence-electron chi connectivity index (χ4n) is 1.91. The van der Waals surface area contributed by atoms with Gasteiger partial charge in [-0.05, 0) is 29.6 Å². The highest BCUT2D eigenvalue weighted by Gasteiger charge is 2.10. The van der Waals surface area contributed by atoms with Crippen molar-refractivity contribution in [3.8, 4) is 0 Å². The van der Waals surface area contributed by atoms with Crippen LogP contribution in [-0.4, -0.2) is 0 Å². The van der Waals surface area contributed by atoms with Crippen LogP contribution in [0.3, 0.4) is 0 Å². The van der Waals surface area contributed by atoms with E-state index in [-0.39, 0.29) is 0 Å². The van der Waals surface area contributed by atoms with E-state index in [9.17, 15) is 0 Å². The largest absolute Gasteiger partial charge is 0.399 e. The fraction of sp³-hybridized carbons (Fsp3) is 0.0833. The van der Waals surface area contributed by atoms with Crippen molar-refractivity contribution in [1.29, 1.82) is 0 Å². The summed E-state index contributed by atoms with van der Waals surface area (Å²) in [7, 11) is 0. The van der Waals surface area contributed by atoms with Gasteiger partial charge < -0.3 is 11.5 Å². The Hall–Kier alpha value is -1.81. The Balaban J connectivity index is 2.44. The molecule has 0 bridgehead atoms. The van der Waals surface area contributed by atoms with Gasteiger partial charge in [0.05, 0.1) is 11.9 Å². The first-order valence-corrected chi connectivity index (χ1v) is 5.90. The van der Waals surface area contributed by atoms with E-state index in [1.165, 1.54) is 4.88 Å². The van der Waals surface area contributed by atoms with Crippen molar-refractivity contribution in [1.82, 2.24) is 0 Å². The van der Waals surface area contributed by atoms with E-state index in [1.807, 2.05) is 18.2 Å². The van der Waals surface area contributed by atoms with Crippen LogP contribution in [0, 0.1) is 0 Å². The lowest BCUT2D eigenvalue weighted by Crippen LogP contribution is -2.29. The molecule has 2 aromatic rings. The van der Waals surface area contributed by atoms with Crippen molar-refractivity contribution in [3.63, 3.8) is 0 Å². The second-order valence-corrected chi connectivity index (χ2v) is 4.76. The predicted octanol–water partition coefficient (Wildman–Crippen LogP) is 0.579. The third-order valence-corrected chi connectivity index (χ3v) is 3.65. The highest BCUT2D eigenvalue weighted by Crippen LogP contribution is 2.21. The summed E-state index contributed by atoms with van der Waals surface area (Å²) in [6.07, 6.45) is 0. The minimum atomic E-state index is 0.685. The molecule has 0 fully saturated rings. The molecule has 0 amide bonds. The lowest BCUT2D eigenvalue weighted by molar-refractivity contribution is 1.03. The molecule has 80 valence electrons. The molecule has 0 saturated carbocycles. The molecular formula is C12H11N3S. The number of hydrogen-bond donors (Lipinski definition) is 2. The quantitative estimate of drug-likeness (QED) is 0.649. The smallest absolute Gasteiger partial charge is 0.0746 e. The Morgan fingerprint density at radius 2 is 2.06 bits per heavy atom. The van der Waals surface area contributed by atoms with Crippen LogP contribution >= 0.6 is 11.3 Å². The van der Waals surface area contributed by atoms with E-state index in [1.54, 1.807) is 11.3 Å². The monoisotopic (exact) mass is 229 g/mol. The van der Waals surface area contributed by atoms with Gasteiger partial charge in [-0.15, -0.1) is 11.3 Å². The van der Waals surface area contributed by atoms with Crippen LogP contribution in [0.5, 0.6) is 0 Å². The molecule has 0 radical (unpaired) electrons. The molecule has 4 heteroatoms. The van der Waals surface area contributed by atoms with Crippen LogP contribution in [0.4, 0.5) is 5.69 Å². The second-order valence-electron chi connectivity index (χ2n) is 3.76. The van der Waals surface area contributed by atoms with E-state index in [2.05, 4.69) is 16.4 Å². The van der Waals surface area contributed by atoms with Gasteiger partial charge >= 0.3 is 0 Å². The van der Waals surface area contributed by atoms with E-state index in [0.717, 1.165) is 27.5 Å². The second kappa shape index (κ2) is 3.35. The number of fused-ring (bicyclic) bond motifs is 2. The molecule has 0 aliphatic carbocycles. The molecule has 1 aromatic heterocycles. The molecule has 0 atom stereocenters. The number of rotatable bonds is 0. The summed E-state index contributed by atoms with van der Waals surface area (Å²) in [5.74, 6) is 0. The van der Waals surface area contributed by atoms with Crippen LogP contribution in [0.2, 0.25) is 0 Å². The minimum absolute atomic E-state index is 0.685. The molecule has 1 aliphatic heterocycles. The Morgan fingerprint density at radius 1 is 1.19 bits per heavy atom. The molecule has 3 nitrogen and oxygen atoms in total. The first-order chi connectivity index (χ1) is 7.75. The van der Waals surface area contributed by atoms with Crippen molar-refractivity contribution >= 4 is 22.7 Å². The molecular weight excluding hydrogens is 218 g/mol. The van der Waals surface area contributed by atoms with E-state index < -0.39 is 0 Å². The average molecular weight is 229 g/mol. The van der Waals surface area contributed by atoms with Crippen LogP contribution in [0.1, 0.15) is 10.4 Å². The maximum absolute atomic E-state index is 6.18. The molecule has 0 unspecified atom stereocenters. The Morgan fingerprint density at radius 3 is 2.94 bits per heavy atom. The maximum atomic E-state index is 6.18. The Bertz CT molecular complexity index is 670. The van der Waals surface area contributed by atoms with Crippen LogP contribution in [0.15, 0.2) is 34.6 Å². The van der Waals surface area contributed by atoms with Crippen molar-refractivity contribution < 1.29 is 0 Å². The highest BCUT2D eigenvalue weighted by molar-refractivity contribution is 7.10. The third kappa shape index (κ3) is 1.31. The molecule has 3 rings (SSSR count). The number of anilines is 1. The molecule has 1 aromatic carbocycles. The third-order valence-electron chi connectivity index (χ3n) is 2.74. The predicted molar refractivity (Wildman–Crippen MR) is 66.4 cm³/mol. The number of benzene rings is 1. The van der Waals surface area contributed by atoms with Gasteiger partial charge in [0.1, 0.15) is 0 Å². The summed E-state index contributed by atoms with van der Waals surface area (Å²) < 4.78 is 0. The molecule has 4 N–H and O–H groups in total. The first kappa shape index (κ1) is 9.42. The van der Waals surface area contributed by atoms with Crippen molar-refractivity contribution in [2.75, 3.05) is 5.73 Å². The van der Waals surface area contributed by atoms with Gasteiger partial charge in [-0.1, -0.05) is 0 Å². The zero-order valence-corrected chi connectivity index (χ0v) is 9.42. The summed E-state index contributed by atoms with van der Waals surface area (Å²) in [4.78, 5) is 5.76. The topological polar surface area (TPSA) is 64.4 Å². The lowest BCUT2D eigenvalue weighted by Gasteiger charge is -1.99. The van der Waals surface area contributed by atoms with Crippen molar-refractivity contribution in [2.45, 2.75) is 6.54 Å². The van der Waals surface area contributed by atoms with E-state index >= 15 is 0 Å². The number of nitrogens with zero attached hydrogens (tertiary/aromatic N) is 1. The summed E-state index contributed by atoms with van der Waals surface area (Å²) in [6.45, 7) is 0.685. The highest BCUT2D eigenvalue weighted by atomic mass is 32.1. The standard InChI is InChI=1S/C12H11N3S/c13-7-1-2-8-10(5-7)15-6-11-9(12(8)14)3-4-16-11/h1-5H,6,13-14H2.